The van der Waals surface area contributed by atoms with Crippen LogP contribution in [0, 0.1) is 0 Å². The van der Waals surface area contributed by atoms with E-state index in [2.05, 4.69) is 17.6 Å². The lowest BCUT2D eigenvalue weighted by Gasteiger charge is -2.27. The van der Waals surface area contributed by atoms with Crippen LogP contribution in [0.2, 0.25) is 0 Å². The van der Waals surface area contributed by atoms with Gasteiger partial charge in [-0.3, -0.25) is 34.2 Å². The van der Waals surface area contributed by atoms with Crippen molar-refractivity contribution in [1.29, 1.82) is 0 Å². The summed E-state index contributed by atoms with van der Waals surface area (Å²) in [6.45, 7) is 2.18. The quantitative estimate of drug-likeness (QED) is 0.485. The van der Waals surface area contributed by atoms with E-state index in [4.69, 9.17) is 0 Å². The molecule has 2 heterocycles. The molecule has 1 atom stereocenters. The van der Waals surface area contributed by atoms with Crippen LogP contribution < -0.4 is 10.6 Å². The molecule has 4 amide bonds. The molecule has 1 aromatic rings. The van der Waals surface area contributed by atoms with Gasteiger partial charge in [0, 0.05) is 18.5 Å². The molecule has 1 unspecified atom stereocenters. The van der Waals surface area contributed by atoms with Crippen LogP contribution in [-0.2, 0) is 14.4 Å². The minimum atomic E-state index is -1.01. The molecule has 1 aromatic carbocycles. The zero-order valence-corrected chi connectivity index (χ0v) is 16.5. The van der Waals surface area contributed by atoms with E-state index in [1.807, 2.05) is 0 Å². The molecule has 154 valence electrons. The second-order valence-electron chi connectivity index (χ2n) is 7.38. The second kappa shape index (κ2) is 8.98. The van der Waals surface area contributed by atoms with Crippen molar-refractivity contribution in [2.75, 3.05) is 11.9 Å². The molecule has 0 aliphatic carbocycles. The number of piperidine rings is 1. The summed E-state index contributed by atoms with van der Waals surface area (Å²) >= 11 is 0. The van der Waals surface area contributed by atoms with Crippen LogP contribution in [0.15, 0.2) is 18.2 Å². The number of unbranched alkanes of at least 4 members (excludes halogenated alkanes) is 3. The van der Waals surface area contributed by atoms with Crippen molar-refractivity contribution in [3.63, 3.8) is 0 Å². The molecule has 0 spiro atoms. The second-order valence-corrected chi connectivity index (χ2v) is 7.38. The van der Waals surface area contributed by atoms with Crippen molar-refractivity contribution < 1.29 is 24.0 Å². The summed E-state index contributed by atoms with van der Waals surface area (Å²) in [6, 6.07) is 3.79. The van der Waals surface area contributed by atoms with Gasteiger partial charge in [-0.25, -0.2) is 0 Å². The third-order valence-electron chi connectivity index (χ3n) is 5.25. The van der Waals surface area contributed by atoms with Crippen molar-refractivity contribution in [3.05, 3.63) is 29.3 Å². The Kier molecular flexibility index (Phi) is 6.41. The molecule has 0 saturated carbocycles. The van der Waals surface area contributed by atoms with Crippen LogP contribution in [0.3, 0.4) is 0 Å². The first-order valence-corrected chi connectivity index (χ1v) is 10.0. The van der Waals surface area contributed by atoms with E-state index in [1.165, 1.54) is 6.07 Å². The molecule has 2 aliphatic rings. The molecule has 1 saturated heterocycles. The minimum absolute atomic E-state index is 0.0394. The SMILES string of the molecule is CCCCCCC(=O)CNc1cccc2c1C(=O)N(C1CCC(=O)NC1=O)C2=O. The number of ketones is 1. The molecule has 8 nitrogen and oxygen atoms in total. The molecule has 8 heteroatoms. The summed E-state index contributed by atoms with van der Waals surface area (Å²) in [5.41, 5.74) is 0.763. The molecule has 29 heavy (non-hydrogen) atoms. The average molecular weight is 399 g/mol. The molecule has 2 aliphatic heterocycles. The Morgan fingerprint density at radius 1 is 1.14 bits per heavy atom. The van der Waals surface area contributed by atoms with E-state index >= 15 is 0 Å². The van der Waals surface area contributed by atoms with Crippen LogP contribution in [0.4, 0.5) is 5.69 Å². The van der Waals surface area contributed by atoms with Gasteiger partial charge in [-0.15, -0.1) is 0 Å². The number of imide groups is 2. The zero-order chi connectivity index (χ0) is 21.0. The predicted octanol–water partition coefficient (Wildman–Crippen LogP) is 2.04. The Balaban J connectivity index is 1.71. The molecule has 0 aromatic heterocycles. The highest BCUT2D eigenvalue weighted by Gasteiger charge is 2.45. The fourth-order valence-electron chi connectivity index (χ4n) is 3.69. The van der Waals surface area contributed by atoms with Crippen LogP contribution >= 0.6 is 0 Å². The fraction of sp³-hybridized carbons (Fsp3) is 0.476. The molecular formula is C21H25N3O5. The van der Waals surface area contributed by atoms with Crippen LogP contribution in [0.5, 0.6) is 0 Å². The summed E-state index contributed by atoms with van der Waals surface area (Å²) in [5, 5.41) is 5.15. The summed E-state index contributed by atoms with van der Waals surface area (Å²) < 4.78 is 0. The van der Waals surface area contributed by atoms with Gasteiger partial charge in [-0.05, 0) is 25.0 Å². The lowest BCUT2D eigenvalue weighted by atomic mass is 10.0. The third-order valence-corrected chi connectivity index (χ3v) is 5.25. The van der Waals surface area contributed by atoms with E-state index in [-0.39, 0.29) is 36.3 Å². The van der Waals surface area contributed by atoms with E-state index in [1.54, 1.807) is 12.1 Å². The monoisotopic (exact) mass is 399 g/mol. The molecule has 0 radical (unpaired) electrons. The van der Waals surface area contributed by atoms with Gasteiger partial charge in [-0.2, -0.15) is 0 Å². The summed E-state index contributed by atoms with van der Waals surface area (Å²) in [6.07, 6.45) is 4.69. The van der Waals surface area contributed by atoms with Crippen LogP contribution in [-0.4, -0.2) is 46.9 Å². The summed E-state index contributed by atoms with van der Waals surface area (Å²) in [4.78, 5) is 62.3. The largest absolute Gasteiger partial charge is 0.377 e. The molecule has 0 bridgehead atoms. The zero-order valence-electron chi connectivity index (χ0n) is 16.5. The number of rotatable bonds is 9. The minimum Gasteiger partial charge on any atom is -0.377 e. The topological polar surface area (TPSA) is 113 Å². The Labute approximate surface area is 169 Å². The van der Waals surface area contributed by atoms with Gasteiger partial charge >= 0.3 is 0 Å². The number of amides is 4. The highest BCUT2D eigenvalue weighted by atomic mass is 16.2. The van der Waals surface area contributed by atoms with Gasteiger partial charge in [-0.1, -0.05) is 32.3 Å². The molecule has 3 rings (SSSR count). The first-order chi connectivity index (χ1) is 13.9. The number of carbonyl (C=O) groups is 5. The number of anilines is 1. The van der Waals surface area contributed by atoms with Crippen molar-refractivity contribution in [1.82, 2.24) is 10.2 Å². The lowest BCUT2D eigenvalue weighted by Crippen LogP contribution is -2.54. The van der Waals surface area contributed by atoms with Crippen molar-refractivity contribution in [3.8, 4) is 0 Å². The maximum atomic E-state index is 13.0. The van der Waals surface area contributed by atoms with Crippen molar-refractivity contribution in [2.45, 2.75) is 57.9 Å². The van der Waals surface area contributed by atoms with E-state index in [0.29, 0.717) is 12.1 Å². The predicted molar refractivity (Wildman–Crippen MR) is 105 cm³/mol. The van der Waals surface area contributed by atoms with E-state index in [9.17, 15) is 24.0 Å². The highest BCUT2D eigenvalue weighted by molar-refractivity contribution is 6.25. The number of fused-ring (bicyclic) bond motifs is 1. The van der Waals surface area contributed by atoms with Crippen molar-refractivity contribution in [2.24, 2.45) is 0 Å². The number of hydrogen-bond acceptors (Lipinski definition) is 6. The highest BCUT2D eigenvalue weighted by Crippen LogP contribution is 2.32. The van der Waals surface area contributed by atoms with Gasteiger partial charge in [0.2, 0.25) is 11.8 Å². The van der Waals surface area contributed by atoms with E-state index < -0.39 is 29.7 Å². The number of benzene rings is 1. The first-order valence-electron chi connectivity index (χ1n) is 10.0. The fourth-order valence-corrected chi connectivity index (χ4v) is 3.69. The molecular weight excluding hydrogens is 374 g/mol. The molecule has 2 N–H and O–H groups in total. The van der Waals surface area contributed by atoms with Crippen molar-refractivity contribution >= 4 is 35.1 Å². The Morgan fingerprint density at radius 2 is 1.93 bits per heavy atom. The van der Waals surface area contributed by atoms with Gasteiger partial charge in [0.05, 0.1) is 17.7 Å². The Hall–Kier alpha value is -3.03. The van der Waals surface area contributed by atoms with Crippen LogP contribution in [0.25, 0.3) is 0 Å². The molecule has 1 fully saturated rings. The number of nitrogens with one attached hydrogen (secondary N) is 2. The Bertz CT molecular complexity index is 864. The standard InChI is InChI=1S/C21H25N3O5/c1-2-3-4-5-7-13(25)12-22-15-9-6-8-14-18(15)21(29)24(20(14)28)16-10-11-17(26)23-19(16)27/h6,8-9,16,22H,2-5,7,10-12H2,1H3,(H,23,26,27). The van der Waals surface area contributed by atoms with Gasteiger partial charge in [0.25, 0.3) is 11.8 Å². The normalized spacial score (nSPS) is 18.7. The number of nitrogens with zero attached hydrogens (tertiary/aromatic N) is 1. The van der Waals surface area contributed by atoms with Gasteiger partial charge in [0.1, 0.15) is 6.04 Å². The van der Waals surface area contributed by atoms with Crippen LogP contribution in [0.1, 0.15) is 72.6 Å². The number of Topliss-reactive ketones (excluding diaryl/α,β-unsaturated/α-hetero) is 1. The maximum Gasteiger partial charge on any atom is 0.264 e. The summed E-state index contributed by atoms with van der Waals surface area (Å²) in [5.74, 6) is -2.17. The third kappa shape index (κ3) is 4.36. The lowest BCUT2D eigenvalue weighted by molar-refractivity contribution is -0.136. The maximum absolute atomic E-state index is 13.0. The first kappa shape index (κ1) is 20.7. The van der Waals surface area contributed by atoms with Gasteiger partial charge in [0.15, 0.2) is 5.78 Å². The van der Waals surface area contributed by atoms with Gasteiger partial charge < -0.3 is 5.32 Å². The number of carbonyl (C=O) groups excluding carboxylic acids is 5. The summed E-state index contributed by atoms with van der Waals surface area (Å²) in [7, 11) is 0. The van der Waals surface area contributed by atoms with E-state index in [0.717, 1.165) is 30.6 Å². The Morgan fingerprint density at radius 3 is 2.66 bits per heavy atom. The number of hydrogen-bond donors (Lipinski definition) is 2. The smallest absolute Gasteiger partial charge is 0.264 e. The average Bonchev–Trinajstić information content (AvgIpc) is 2.95.